The third-order valence-electron chi connectivity index (χ3n) is 4.09. The summed E-state index contributed by atoms with van der Waals surface area (Å²) in [6.45, 7) is 6.27. The van der Waals surface area contributed by atoms with Crippen LogP contribution in [0.25, 0.3) is 0 Å². The number of guanidine groups is 1. The molecule has 1 unspecified atom stereocenters. The molecule has 0 spiro atoms. The summed E-state index contributed by atoms with van der Waals surface area (Å²) in [5.74, 6) is -0.0860. The fraction of sp³-hybridized carbons (Fsp3) is 0.350. The number of aliphatic imine (C=N–C) groups is 1. The fourth-order valence-corrected chi connectivity index (χ4v) is 2.50. The monoisotopic (exact) mass is 489 g/mol. The van der Waals surface area contributed by atoms with Gasteiger partial charge in [-0.15, -0.1) is 24.0 Å². The van der Waals surface area contributed by atoms with Crippen LogP contribution in [-0.2, 0) is 13.2 Å². The van der Waals surface area contributed by atoms with Gasteiger partial charge in [-0.05, 0) is 55.7 Å². The Morgan fingerprint density at radius 2 is 1.89 bits per heavy atom. The van der Waals surface area contributed by atoms with Crippen molar-refractivity contribution in [3.8, 4) is 0 Å². The van der Waals surface area contributed by atoms with Gasteiger partial charge < -0.3 is 15.7 Å². The highest BCUT2D eigenvalue weighted by molar-refractivity contribution is 14.0. The van der Waals surface area contributed by atoms with Gasteiger partial charge in [0.15, 0.2) is 5.96 Å². The van der Waals surface area contributed by atoms with Crippen LogP contribution in [0, 0.1) is 18.6 Å². The molecule has 27 heavy (non-hydrogen) atoms. The number of nitrogens with zero attached hydrogens (tertiary/aromatic N) is 1. The molecule has 0 saturated carbocycles. The van der Waals surface area contributed by atoms with E-state index >= 15 is 0 Å². The van der Waals surface area contributed by atoms with Crippen molar-refractivity contribution in [2.75, 3.05) is 6.54 Å². The van der Waals surface area contributed by atoms with Crippen molar-refractivity contribution in [3.05, 3.63) is 70.3 Å². The Balaban J connectivity index is 0.00000364. The van der Waals surface area contributed by atoms with Crippen molar-refractivity contribution in [1.82, 2.24) is 10.6 Å². The highest BCUT2D eigenvalue weighted by Gasteiger charge is 2.10. The van der Waals surface area contributed by atoms with Crippen LogP contribution in [-0.4, -0.2) is 17.6 Å². The lowest BCUT2D eigenvalue weighted by atomic mass is 10.1. The molecule has 7 heteroatoms. The lowest BCUT2D eigenvalue weighted by molar-refractivity contribution is 0.275. The third kappa shape index (κ3) is 6.73. The normalized spacial score (nSPS) is 12.3. The van der Waals surface area contributed by atoms with Crippen molar-refractivity contribution in [2.45, 2.75) is 40.0 Å². The fourth-order valence-electron chi connectivity index (χ4n) is 2.50. The number of halogens is 3. The van der Waals surface area contributed by atoms with Gasteiger partial charge in [-0.25, -0.2) is 13.8 Å². The van der Waals surface area contributed by atoms with Crippen LogP contribution in [0.4, 0.5) is 8.78 Å². The molecule has 2 rings (SSSR count). The van der Waals surface area contributed by atoms with E-state index in [4.69, 9.17) is 5.11 Å². The summed E-state index contributed by atoms with van der Waals surface area (Å²) < 4.78 is 27.2. The van der Waals surface area contributed by atoms with E-state index in [0.717, 1.165) is 11.1 Å². The van der Waals surface area contributed by atoms with E-state index in [1.54, 1.807) is 25.1 Å². The molecule has 2 aromatic rings. The molecule has 2 aromatic carbocycles. The van der Waals surface area contributed by atoms with E-state index < -0.39 is 5.82 Å². The number of aryl methyl sites for hydroxylation is 1. The molecule has 3 N–H and O–H groups in total. The summed E-state index contributed by atoms with van der Waals surface area (Å²) >= 11 is 0. The number of aliphatic hydroxyl groups excluding tert-OH is 1. The van der Waals surface area contributed by atoms with Crippen molar-refractivity contribution >= 4 is 29.9 Å². The molecule has 0 bridgehead atoms. The Morgan fingerprint density at radius 1 is 1.15 bits per heavy atom. The zero-order valence-corrected chi connectivity index (χ0v) is 18.1. The Labute approximate surface area is 176 Å². The number of nitrogens with one attached hydrogen (secondary N) is 2. The summed E-state index contributed by atoms with van der Waals surface area (Å²) in [5, 5.41) is 15.5. The number of hydrogen-bond donors (Lipinski definition) is 3. The van der Waals surface area contributed by atoms with Crippen LogP contribution < -0.4 is 10.6 Å². The van der Waals surface area contributed by atoms with E-state index in [9.17, 15) is 8.78 Å². The number of aliphatic hydroxyl groups is 1. The summed E-state index contributed by atoms with van der Waals surface area (Å²) in [6.07, 6.45) is 0. The summed E-state index contributed by atoms with van der Waals surface area (Å²) in [7, 11) is 0. The lowest BCUT2D eigenvalue weighted by Gasteiger charge is -2.18. The summed E-state index contributed by atoms with van der Waals surface area (Å²) in [5.41, 5.74) is 2.47. The van der Waals surface area contributed by atoms with E-state index in [0.29, 0.717) is 24.6 Å². The van der Waals surface area contributed by atoms with Gasteiger partial charge in [-0.1, -0.05) is 18.2 Å². The van der Waals surface area contributed by atoms with Gasteiger partial charge in [-0.3, -0.25) is 0 Å². The highest BCUT2D eigenvalue weighted by Crippen LogP contribution is 2.16. The Kier molecular flexibility index (Phi) is 9.65. The molecule has 1 atom stereocenters. The average Bonchev–Trinajstić information content (AvgIpc) is 2.63. The average molecular weight is 489 g/mol. The topological polar surface area (TPSA) is 56.7 Å². The highest BCUT2D eigenvalue weighted by atomic mass is 127. The SMILES string of the molecule is CCNC(=NCc1ccc(F)c(CO)c1)NC(C)c1ccc(C)c(F)c1.I. The molecular formula is C20H26F2IN3O. The Bertz CT molecular complexity index is 784. The van der Waals surface area contributed by atoms with Crippen LogP contribution in [0.15, 0.2) is 41.4 Å². The van der Waals surface area contributed by atoms with Crippen molar-refractivity contribution in [1.29, 1.82) is 0 Å². The maximum Gasteiger partial charge on any atom is 0.192 e. The molecule has 0 heterocycles. The maximum atomic E-state index is 13.8. The first-order chi connectivity index (χ1) is 12.4. The zero-order valence-electron chi connectivity index (χ0n) is 15.7. The molecule has 0 aliphatic carbocycles. The summed E-state index contributed by atoms with van der Waals surface area (Å²) in [4.78, 5) is 4.49. The van der Waals surface area contributed by atoms with Gasteiger partial charge in [0, 0.05) is 12.1 Å². The van der Waals surface area contributed by atoms with Gasteiger partial charge in [0.05, 0.1) is 19.2 Å². The quantitative estimate of drug-likeness (QED) is 0.324. The minimum Gasteiger partial charge on any atom is -0.392 e. The first-order valence-corrected chi connectivity index (χ1v) is 8.63. The molecule has 0 aliphatic heterocycles. The van der Waals surface area contributed by atoms with Crippen LogP contribution in [0.1, 0.15) is 42.1 Å². The molecule has 0 saturated heterocycles. The minimum absolute atomic E-state index is 0. The first kappa shape index (κ1) is 23.3. The van der Waals surface area contributed by atoms with Crippen molar-refractivity contribution in [3.63, 3.8) is 0 Å². The Morgan fingerprint density at radius 3 is 2.52 bits per heavy atom. The van der Waals surface area contributed by atoms with Crippen LogP contribution in [0.5, 0.6) is 0 Å². The van der Waals surface area contributed by atoms with Crippen molar-refractivity contribution in [2.24, 2.45) is 4.99 Å². The third-order valence-corrected chi connectivity index (χ3v) is 4.09. The molecule has 0 aliphatic rings. The second-order valence-electron chi connectivity index (χ2n) is 6.15. The summed E-state index contributed by atoms with van der Waals surface area (Å²) in [6, 6.07) is 9.58. The molecular weight excluding hydrogens is 463 g/mol. The van der Waals surface area contributed by atoms with Gasteiger partial charge >= 0.3 is 0 Å². The predicted molar refractivity (Wildman–Crippen MR) is 115 cm³/mol. The maximum absolute atomic E-state index is 13.8. The second kappa shape index (κ2) is 11.2. The van der Waals surface area contributed by atoms with E-state index in [-0.39, 0.29) is 48.0 Å². The molecule has 0 fully saturated rings. The van der Waals surface area contributed by atoms with Crippen LogP contribution in [0.3, 0.4) is 0 Å². The second-order valence-corrected chi connectivity index (χ2v) is 6.15. The minimum atomic E-state index is -0.430. The molecule has 0 amide bonds. The smallest absolute Gasteiger partial charge is 0.192 e. The van der Waals surface area contributed by atoms with Gasteiger partial charge in [-0.2, -0.15) is 0 Å². The van der Waals surface area contributed by atoms with E-state index in [1.165, 1.54) is 12.1 Å². The van der Waals surface area contributed by atoms with Crippen LogP contribution >= 0.6 is 24.0 Å². The standard InChI is InChI=1S/C20H25F2N3O.HI/c1-4-23-20(24-11-15-6-8-18(21)17(9-15)12-26)25-14(3)16-7-5-13(2)19(22)10-16;/h5-10,14,26H,4,11-12H2,1-3H3,(H2,23,24,25);1H. The lowest BCUT2D eigenvalue weighted by Crippen LogP contribution is -2.38. The number of hydrogen-bond acceptors (Lipinski definition) is 2. The molecule has 0 aromatic heterocycles. The van der Waals surface area contributed by atoms with E-state index in [1.807, 2.05) is 19.9 Å². The molecule has 4 nitrogen and oxygen atoms in total. The predicted octanol–water partition coefficient (Wildman–Crippen LogP) is 4.20. The van der Waals surface area contributed by atoms with Crippen LogP contribution in [0.2, 0.25) is 0 Å². The van der Waals surface area contributed by atoms with Gasteiger partial charge in [0.1, 0.15) is 11.6 Å². The molecule has 148 valence electrons. The number of rotatable bonds is 6. The van der Waals surface area contributed by atoms with Gasteiger partial charge in [0.25, 0.3) is 0 Å². The van der Waals surface area contributed by atoms with E-state index in [2.05, 4.69) is 15.6 Å². The van der Waals surface area contributed by atoms with Crippen molar-refractivity contribution < 1.29 is 13.9 Å². The van der Waals surface area contributed by atoms with Gasteiger partial charge in [0.2, 0.25) is 0 Å². The Hall–Kier alpha value is -1.74. The largest absolute Gasteiger partial charge is 0.392 e. The zero-order chi connectivity index (χ0) is 19.1. The number of benzene rings is 2. The molecule has 0 radical (unpaired) electrons. The first-order valence-electron chi connectivity index (χ1n) is 8.63.